The van der Waals surface area contributed by atoms with Gasteiger partial charge in [0, 0.05) is 25.0 Å². The SMILES string of the molecule is Cc1cccc(CNCc2ccc(-n3nc(C)cc3C)nc2)c1. The number of hydrogen-bond acceptors (Lipinski definition) is 3. The number of nitrogens with zero attached hydrogens (tertiary/aromatic N) is 3. The molecule has 0 atom stereocenters. The third-order valence-corrected chi connectivity index (χ3v) is 3.78. The van der Waals surface area contributed by atoms with Gasteiger partial charge < -0.3 is 5.32 Å². The molecule has 0 bridgehead atoms. The molecule has 3 aromatic rings. The van der Waals surface area contributed by atoms with E-state index < -0.39 is 0 Å². The lowest BCUT2D eigenvalue weighted by atomic mass is 10.1. The van der Waals surface area contributed by atoms with Crippen molar-refractivity contribution in [2.45, 2.75) is 33.9 Å². The summed E-state index contributed by atoms with van der Waals surface area (Å²) in [5, 5.41) is 7.92. The molecule has 1 N–H and O–H groups in total. The van der Waals surface area contributed by atoms with Crippen molar-refractivity contribution in [3.63, 3.8) is 0 Å². The van der Waals surface area contributed by atoms with Crippen LogP contribution in [0.1, 0.15) is 28.1 Å². The summed E-state index contributed by atoms with van der Waals surface area (Å²) in [4.78, 5) is 4.52. The van der Waals surface area contributed by atoms with Crippen LogP contribution in [0.3, 0.4) is 0 Å². The topological polar surface area (TPSA) is 42.7 Å². The Balaban J connectivity index is 1.60. The third kappa shape index (κ3) is 3.85. The molecule has 0 aliphatic carbocycles. The Labute approximate surface area is 137 Å². The summed E-state index contributed by atoms with van der Waals surface area (Å²) in [6.45, 7) is 7.82. The minimum atomic E-state index is 0.804. The van der Waals surface area contributed by atoms with Crippen molar-refractivity contribution in [3.05, 3.63) is 76.7 Å². The van der Waals surface area contributed by atoms with Crippen LogP contribution in [0, 0.1) is 20.8 Å². The van der Waals surface area contributed by atoms with E-state index in [1.165, 1.54) is 16.7 Å². The first-order chi connectivity index (χ1) is 11.1. The molecule has 0 amide bonds. The van der Waals surface area contributed by atoms with E-state index in [2.05, 4.69) is 58.7 Å². The summed E-state index contributed by atoms with van der Waals surface area (Å²) in [6.07, 6.45) is 1.91. The van der Waals surface area contributed by atoms with Crippen molar-refractivity contribution in [1.29, 1.82) is 0 Å². The molecule has 0 aliphatic heterocycles. The van der Waals surface area contributed by atoms with Crippen LogP contribution in [0.2, 0.25) is 0 Å². The van der Waals surface area contributed by atoms with Gasteiger partial charge in [-0.05, 0) is 44.0 Å². The van der Waals surface area contributed by atoms with Gasteiger partial charge in [-0.2, -0.15) is 5.10 Å². The Hall–Kier alpha value is -2.46. The van der Waals surface area contributed by atoms with Gasteiger partial charge in [0.2, 0.25) is 0 Å². The van der Waals surface area contributed by atoms with E-state index in [0.29, 0.717) is 0 Å². The lowest BCUT2D eigenvalue weighted by Crippen LogP contribution is -2.13. The Morgan fingerprint density at radius 3 is 2.43 bits per heavy atom. The Morgan fingerprint density at radius 2 is 1.78 bits per heavy atom. The first-order valence-corrected chi connectivity index (χ1v) is 7.86. The van der Waals surface area contributed by atoms with E-state index in [4.69, 9.17) is 0 Å². The zero-order valence-corrected chi connectivity index (χ0v) is 13.9. The summed E-state index contributed by atoms with van der Waals surface area (Å²) in [6, 6.07) is 14.7. The first-order valence-electron chi connectivity index (χ1n) is 7.86. The van der Waals surface area contributed by atoms with E-state index in [9.17, 15) is 0 Å². The van der Waals surface area contributed by atoms with Crippen LogP contribution >= 0.6 is 0 Å². The molecule has 4 heteroatoms. The number of nitrogens with one attached hydrogen (secondary N) is 1. The zero-order chi connectivity index (χ0) is 16.2. The Bertz CT molecular complexity index is 787. The van der Waals surface area contributed by atoms with Crippen molar-refractivity contribution in [1.82, 2.24) is 20.1 Å². The normalized spacial score (nSPS) is 10.9. The summed E-state index contributed by atoms with van der Waals surface area (Å²) >= 11 is 0. The molecular weight excluding hydrogens is 284 g/mol. The highest BCUT2D eigenvalue weighted by atomic mass is 15.3. The van der Waals surface area contributed by atoms with Gasteiger partial charge in [-0.3, -0.25) is 0 Å². The number of pyridine rings is 1. The van der Waals surface area contributed by atoms with E-state index >= 15 is 0 Å². The fraction of sp³-hybridized carbons (Fsp3) is 0.263. The number of benzene rings is 1. The maximum atomic E-state index is 4.52. The standard InChI is InChI=1S/C19H22N4/c1-14-5-4-6-17(9-14)11-20-12-18-7-8-19(21-13-18)23-16(3)10-15(2)22-23/h4-10,13,20H,11-12H2,1-3H3. The predicted molar refractivity (Wildman–Crippen MR) is 92.6 cm³/mol. The predicted octanol–water partition coefficient (Wildman–Crippen LogP) is 3.48. The summed E-state index contributed by atoms with van der Waals surface area (Å²) < 4.78 is 1.87. The molecular formula is C19H22N4. The molecule has 0 unspecified atom stereocenters. The number of aryl methyl sites for hydroxylation is 3. The second-order valence-corrected chi connectivity index (χ2v) is 5.96. The van der Waals surface area contributed by atoms with E-state index in [1.807, 2.05) is 30.8 Å². The summed E-state index contributed by atoms with van der Waals surface area (Å²) in [5.41, 5.74) is 5.87. The molecule has 1 aromatic carbocycles. The fourth-order valence-electron chi connectivity index (χ4n) is 2.68. The van der Waals surface area contributed by atoms with Crippen LogP contribution in [0.15, 0.2) is 48.7 Å². The van der Waals surface area contributed by atoms with Crippen LogP contribution in [-0.4, -0.2) is 14.8 Å². The first kappa shape index (κ1) is 15.4. The molecule has 4 nitrogen and oxygen atoms in total. The van der Waals surface area contributed by atoms with Gasteiger partial charge in [0.15, 0.2) is 5.82 Å². The smallest absolute Gasteiger partial charge is 0.153 e. The number of aromatic nitrogens is 3. The maximum absolute atomic E-state index is 4.52. The van der Waals surface area contributed by atoms with Crippen molar-refractivity contribution in [2.24, 2.45) is 0 Å². The molecule has 118 valence electrons. The average molecular weight is 306 g/mol. The van der Waals surface area contributed by atoms with E-state index in [0.717, 1.165) is 30.3 Å². The second kappa shape index (κ2) is 6.75. The number of hydrogen-bond donors (Lipinski definition) is 1. The van der Waals surface area contributed by atoms with Crippen LogP contribution in [-0.2, 0) is 13.1 Å². The van der Waals surface area contributed by atoms with Gasteiger partial charge in [-0.25, -0.2) is 9.67 Å². The van der Waals surface area contributed by atoms with Gasteiger partial charge in [-0.15, -0.1) is 0 Å². The minimum Gasteiger partial charge on any atom is -0.309 e. The van der Waals surface area contributed by atoms with Crippen molar-refractivity contribution >= 4 is 0 Å². The van der Waals surface area contributed by atoms with Crippen LogP contribution in [0.4, 0.5) is 0 Å². The van der Waals surface area contributed by atoms with E-state index in [1.54, 1.807) is 0 Å². The molecule has 0 aliphatic rings. The fourth-order valence-corrected chi connectivity index (χ4v) is 2.68. The molecule has 3 rings (SSSR count). The minimum absolute atomic E-state index is 0.804. The maximum Gasteiger partial charge on any atom is 0.153 e. The monoisotopic (exact) mass is 306 g/mol. The molecule has 0 fully saturated rings. The van der Waals surface area contributed by atoms with Crippen LogP contribution in [0.25, 0.3) is 5.82 Å². The molecule has 23 heavy (non-hydrogen) atoms. The van der Waals surface area contributed by atoms with Crippen LogP contribution < -0.4 is 5.32 Å². The summed E-state index contributed by atoms with van der Waals surface area (Å²) in [5.74, 6) is 0.859. The molecule has 0 radical (unpaired) electrons. The highest BCUT2D eigenvalue weighted by Crippen LogP contribution is 2.10. The van der Waals surface area contributed by atoms with E-state index in [-0.39, 0.29) is 0 Å². The molecule has 2 aromatic heterocycles. The van der Waals surface area contributed by atoms with Crippen molar-refractivity contribution < 1.29 is 0 Å². The number of rotatable bonds is 5. The largest absolute Gasteiger partial charge is 0.309 e. The Morgan fingerprint density at radius 1 is 0.957 bits per heavy atom. The van der Waals surface area contributed by atoms with Crippen molar-refractivity contribution in [2.75, 3.05) is 0 Å². The van der Waals surface area contributed by atoms with Gasteiger partial charge in [-0.1, -0.05) is 35.9 Å². The highest BCUT2D eigenvalue weighted by Gasteiger charge is 2.04. The van der Waals surface area contributed by atoms with Gasteiger partial charge >= 0.3 is 0 Å². The highest BCUT2D eigenvalue weighted by molar-refractivity contribution is 5.28. The molecule has 0 saturated carbocycles. The summed E-state index contributed by atoms with van der Waals surface area (Å²) in [7, 11) is 0. The van der Waals surface area contributed by atoms with Crippen LogP contribution in [0.5, 0.6) is 0 Å². The lowest BCUT2D eigenvalue weighted by molar-refractivity contribution is 0.689. The van der Waals surface area contributed by atoms with Gasteiger partial charge in [0.1, 0.15) is 0 Å². The quantitative estimate of drug-likeness (QED) is 0.784. The average Bonchev–Trinajstić information content (AvgIpc) is 2.87. The molecule has 0 spiro atoms. The van der Waals surface area contributed by atoms with Crippen molar-refractivity contribution in [3.8, 4) is 5.82 Å². The van der Waals surface area contributed by atoms with Gasteiger partial charge in [0.25, 0.3) is 0 Å². The molecule has 0 saturated heterocycles. The Kier molecular flexibility index (Phi) is 4.53. The third-order valence-electron chi connectivity index (χ3n) is 3.78. The second-order valence-electron chi connectivity index (χ2n) is 5.96. The van der Waals surface area contributed by atoms with Gasteiger partial charge in [0.05, 0.1) is 5.69 Å². The zero-order valence-electron chi connectivity index (χ0n) is 13.9. The lowest BCUT2D eigenvalue weighted by Gasteiger charge is -2.07. The molecule has 2 heterocycles.